The Kier molecular flexibility index (Phi) is 13.8. The first kappa shape index (κ1) is 34.1. The van der Waals surface area contributed by atoms with Crippen LogP contribution in [-0.2, 0) is 28.5 Å². The van der Waals surface area contributed by atoms with Crippen LogP contribution in [0.5, 0.6) is 0 Å². The maximum Gasteiger partial charge on any atom is 0.308 e. The second-order valence-electron chi connectivity index (χ2n) is 11.9. The molecule has 3 saturated carbocycles. The molecule has 11 unspecified atom stereocenters. The lowest BCUT2D eigenvalue weighted by atomic mass is 9.76. The summed E-state index contributed by atoms with van der Waals surface area (Å²) in [4.78, 5) is 27.2. The Labute approximate surface area is 240 Å². The topological polar surface area (TPSA) is 107 Å². The average molecular weight is 585 g/mol. The highest BCUT2D eigenvalue weighted by Crippen LogP contribution is 2.60. The van der Waals surface area contributed by atoms with Gasteiger partial charge in [-0.05, 0) is 109 Å². The quantitative estimate of drug-likeness (QED) is 0.109. The molecule has 2 bridgehead atoms. The van der Waals surface area contributed by atoms with Crippen LogP contribution in [-0.4, -0.2) is 54.9 Å². The van der Waals surface area contributed by atoms with E-state index in [2.05, 4.69) is 36.3 Å². The number of aliphatic imine (C=N–C) groups is 1. The van der Waals surface area contributed by atoms with E-state index in [9.17, 15) is 9.59 Å². The van der Waals surface area contributed by atoms with Gasteiger partial charge < -0.3 is 18.9 Å². The van der Waals surface area contributed by atoms with Crippen molar-refractivity contribution in [2.45, 2.75) is 115 Å². The molecular formula is C29H50N2O6P2. The molecule has 8 nitrogen and oxygen atoms in total. The number of carbonyl (C=O) groups excluding carboxylic acids is 2. The SMILES string of the molecule is C=NC(C)(P)CCC(=O)OC(C)OCC1CC2CC1C1CCCC21.CCOC(C)OC(=O)CCC(C)(P)C#N. The molecule has 222 valence electrons. The van der Waals surface area contributed by atoms with Crippen LogP contribution >= 0.6 is 18.5 Å². The zero-order valence-electron chi connectivity index (χ0n) is 24.5. The molecule has 0 N–H and O–H groups in total. The number of nitrogens with zero attached hydrogens (tertiary/aromatic N) is 2. The van der Waals surface area contributed by atoms with Gasteiger partial charge in [0.25, 0.3) is 0 Å². The molecule has 39 heavy (non-hydrogen) atoms. The van der Waals surface area contributed by atoms with Crippen LogP contribution in [0, 0.1) is 40.9 Å². The van der Waals surface area contributed by atoms with Crippen molar-refractivity contribution in [3.63, 3.8) is 0 Å². The highest BCUT2D eigenvalue weighted by atomic mass is 31.0. The van der Waals surface area contributed by atoms with Crippen LogP contribution in [0.3, 0.4) is 0 Å². The van der Waals surface area contributed by atoms with Gasteiger partial charge >= 0.3 is 11.9 Å². The molecule has 10 heteroatoms. The Morgan fingerprint density at radius 1 is 1.00 bits per heavy atom. The lowest BCUT2D eigenvalue weighted by molar-refractivity contribution is -0.178. The van der Waals surface area contributed by atoms with E-state index >= 15 is 0 Å². The Balaban J connectivity index is 0.000000309. The molecule has 3 rings (SSSR count). The minimum atomic E-state index is -0.562. The fraction of sp³-hybridized carbons (Fsp3) is 0.862. The predicted octanol–water partition coefficient (Wildman–Crippen LogP) is 5.89. The number of fused-ring (bicyclic) bond motifs is 5. The Hall–Kier alpha value is -1.12. The Morgan fingerprint density at radius 2 is 1.59 bits per heavy atom. The minimum Gasteiger partial charge on any atom is -0.436 e. The van der Waals surface area contributed by atoms with Crippen LogP contribution in [0.25, 0.3) is 0 Å². The van der Waals surface area contributed by atoms with E-state index in [0.29, 0.717) is 31.8 Å². The number of ether oxygens (including phenoxy) is 4. The van der Waals surface area contributed by atoms with Crippen molar-refractivity contribution in [2.75, 3.05) is 13.2 Å². The summed E-state index contributed by atoms with van der Waals surface area (Å²) in [5, 5.41) is 7.81. The Morgan fingerprint density at radius 3 is 2.18 bits per heavy atom. The van der Waals surface area contributed by atoms with Crippen LogP contribution in [0.2, 0.25) is 0 Å². The normalized spacial score (nSPS) is 29.4. The van der Waals surface area contributed by atoms with Crippen LogP contribution in [0.4, 0.5) is 0 Å². The molecule has 11 atom stereocenters. The van der Waals surface area contributed by atoms with Crippen LogP contribution in [0.15, 0.2) is 4.99 Å². The molecule has 0 saturated heterocycles. The van der Waals surface area contributed by atoms with E-state index in [-0.39, 0.29) is 23.6 Å². The van der Waals surface area contributed by atoms with E-state index in [1.54, 1.807) is 13.8 Å². The molecule has 0 spiro atoms. The summed E-state index contributed by atoms with van der Waals surface area (Å²) in [5.74, 6) is 3.91. The number of rotatable bonds is 14. The summed E-state index contributed by atoms with van der Waals surface area (Å²) in [6.45, 7) is 13.8. The van der Waals surface area contributed by atoms with Gasteiger partial charge in [-0.15, -0.1) is 18.5 Å². The number of hydrogen-bond donors (Lipinski definition) is 0. The van der Waals surface area contributed by atoms with Gasteiger partial charge in [0.15, 0.2) is 12.6 Å². The van der Waals surface area contributed by atoms with E-state index < -0.39 is 17.7 Å². The standard InChI is InChI=1S/C19H32NO3P.C10H18NO3P/c1-12(23-18(21)7-8-19(2,24)20-3)22-11-14-9-13-10-17(14)16-6-4-5-15(13)16;1-4-13-8(2)14-9(12)5-6-10(3,15)7-11/h12-17H,3-11,24H2,1-2H3;8H,4-6,15H2,1-3H3. The van der Waals surface area contributed by atoms with Crippen molar-refractivity contribution in [1.82, 2.24) is 0 Å². The molecule has 0 aliphatic heterocycles. The van der Waals surface area contributed by atoms with Crippen molar-refractivity contribution < 1.29 is 28.5 Å². The fourth-order valence-electron chi connectivity index (χ4n) is 6.30. The van der Waals surface area contributed by atoms with Gasteiger partial charge in [-0.3, -0.25) is 14.6 Å². The smallest absolute Gasteiger partial charge is 0.308 e. The molecule has 0 amide bonds. The maximum atomic E-state index is 11.9. The molecule has 0 aromatic rings. The number of hydrogen-bond acceptors (Lipinski definition) is 8. The molecule has 3 aliphatic rings. The van der Waals surface area contributed by atoms with Gasteiger partial charge in [0.2, 0.25) is 0 Å². The van der Waals surface area contributed by atoms with Gasteiger partial charge in [0.05, 0.1) is 23.1 Å². The fourth-order valence-corrected chi connectivity index (χ4v) is 6.59. The first-order valence-corrected chi connectivity index (χ1v) is 15.5. The lowest BCUT2D eigenvalue weighted by Gasteiger charge is -2.32. The van der Waals surface area contributed by atoms with Gasteiger partial charge in [-0.2, -0.15) is 5.26 Å². The van der Waals surface area contributed by atoms with Crippen molar-refractivity contribution in [3.05, 3.63) is 0 Å². The van der Waals surface area contributed by atoms with Gasteiger partial charge in [0.1, 0.15) is 0 Å². The highest BCUT2D eigenvalue weighted by molar-refractivity contribution is 7.19. The third-order valence-corrected chi connectivity index (χ3v) is 9.30. The summed E-state index contributed by atoms with van der Waals surface area (Å²) in [5.41, 5.74) is 0. The van der Waals surface area contributed by atoms with Crippen molar-refractivity contribution >= 4 is 37.1 Å². The minimum absolute atomic E-state index is 0.219. The molecule has 3 fully saturated rings. The van der Waals surface area contributed by atoms with Crippen LogP contribution in [0.1, 0.15) is 92.4 Å². The summed E-state index contributed by atoms with van der Waals surface area (Å²) >= 11 is 0. The van der Waals surface area contributed by atoms with Gasteiger partial charge in [0, 0.05) is 19.4 Å². The Bertz CT molecular complexity index is 861. The largest absolute Gasteiger partial charge is 0.436 e. The van der Waals surface area contributed by atoms with Crippen molar-refractivity contribution in [2.24, 2.45) is 34.6 Å². The second kappa shape index (κ2) is 15.8. The first-order chi connectivity index (χ1) is 18.3. The third kappa shape index (κ3) is 11.3. The zero-order chi connectivity index (χ0) is 29.2. The molecular weight excluding hydrogens is 534 g/mol. The first-order valence-electron chi connectivity index (χ1n) is 14.4. The third-order valence-electron chi connectivity index (χ3n) is 8.41. The number of esters is 2. The van der Waals surface area contributed by atoms with E-state index in [0.717, 1.165) is 30.3 Å². The summed E-state index contributed by atoms with van der Waals surface area (Å²) in [6.07, 6.45) is 7.73. The lowest BCUT2D eigenvalue weighted by Crippen LogP contribution is -2.29. The summed E-state index contributed by atoms with van der Waals surface area (Å²) in [7, 11) is 5.04. The average Bonchev–Trinajstić information content (AvgIpc) is 3.60. The molecule has 3 aliphatic carbocycles. The monoisotopic (exact) mass is 584 g/mol. The van der Waals surface area contributed by atoms with E-state index in [4.69, 9.17) is 24.2 Å². The van der Waals surface area contributed by atoms with Crippen LogP contribution < -0.4 is 0 Å². The van der Waals surface area contributed by atoms with E-state index in [1.807, 2.05) is 20.8 Å². The second-order valence-corrected chi connectivity index (χ2v) is 14.4. The van der Waals surface area contributed by atoms with Gasteiger partial charge in [-0.25, -0.2) is 0 Å². The highest BCUT2D eigenvalue weighted by Gasteiger charge is 2.53. The molecule has 0 radical (unpaired) electrons. The molecule has 0 aromatic heterocycles. The molecule has 0 aromatic carbocycles. The summed E-state index contributed by atoms with van der Waals surface area (Å²) < 4.78 is 21.3. The number of nitriles is 1. The predicted molar refractivity (Wildman–Crippen MR) is 159 cm³/mol. The maximum absolute atomic E-state index is 11.9. The van der Waals surface area contributed by atoms with E-state index in [1.165, 1.54) is 32.1 Å². The van der Waals surface area contributed by atoms with Crippen molar-refractivity contribution in [3.8, 4) is 6.07 Å². The zero-order valence-corrected chi connectivity index (χ0v) is 26.8. The summed E-state index contributed by atoms with van der Waals surface area (Å²) in [6, 6.07) is 2.10. The van der Waals surface area contributed by atoms with Gasteiger partial charge in [-0.1, -0.05) is 6.42 Å². The molecule has 0 heterocycles. The number of carbonyl (C=O) groups is 2. The van der Waals surface area contributed by atoms with Crippen molar-refractivity contribution in [1.29, 1.82) is 5.26 Å².